The lowest BCUT2D eigenvalue weighted by molar-refractivity contribution is 0.0148. The predicted octanol–water partition coefficient (Wildman–Crippen LogP) is 1.85. The zero-order chi connectivity index (χ0) is 20.8. The quantitative estimate of drug-likeness (QED) is 0.725. The van der Waals surface area contributed by atoms with Crippen molar-refractivity contribution in [1.82, 2.24) is 14.8 Å². The Morgan fingerprint density at radius 2 is 1.83 bits per heavy atom. The van der Waals surface area contributed by atoms with Crippen LogP contribution in [0.25, 0.3) is 0 Å². The van der Waals surface area contributed by atoms with Crippen molar-refractivity contribution in [2.45, 2.75) is 6.04 Å². The van der Waals surface area contributed by atoms with Gasteiger partial charge < -0.3 is 28.8 Å². The summed E-state index contributed by atoms with van der Waals surface area (Å²) in [6, 6.07) is 7.54. The maximum Gasteiger partial charge on any atom is 0.255 e. The summed E-state index contributed by atoms with van der Waals surface area (Å²) >= 11 is 0. The average Bonchev–Trinajstić information content (AvgIpc) is 3.18. The maximum absolute atomic E-state index is 13.0. The fraction of sp³-hybridized carbons (Fsp3) is 0.476. The second-order valence-electron chi connectivity index (χ2n) is 6.80. The van der Waals surface area contributed by atoms with Crippen LogP contribution in [0.1, 0.15) is 22.1 Å². The molecule has 158 valence electrons. The number of methoxy groups -OCH3 is 3. The van der Waals surface area contributed by atoms with Gasteiger partial charge in [0, 0.05) is 38.6 Å². The minimum atomic E-state index is -0.227. The number of aromatic nitrogens is 1. The fourth-order valence-electron chi connectivity index (χ4n) is 3.70. The van der Waals surface area contributed by atoms with Crippen LogP contribution in [0.5, 0.6) is 17.2 Å². The molecule has 1 aromatic carbocycles. The number of aryl methyl sites for hydroxylation is 1. The molecule has 29 heavy (non-hydrogen) atoms. The minimum Gasteiger partial charge on any atom is -0.493 e. The van der Waals surface area contributed by atoms with Gasteiger partial charge in [-0.15, -0.1) is 0 Å². The molecule has 1 saturated heterocycles. The van der Waals surface area contributed by atoms with Gasteiger partial charge in [-0.2, -0.15) is 0 Å². The van der Waals surface area contributed by atoms with Crippen LogP contribution in [0.2, 0.25) is 0 Å². The number of hydrogen-bond acceptors (Lipinski definition) is 6. The van der Waals surface area contributed by atoms with E-state index in [0.29, 0.717) is 42.6 Å². The molecule has 1 aromatic heterocycles. The second kappa shape index (κ2) is 9.67. The highest BCUT2D eigenvalue weighted by Gasteiger charge is 2.26. The number of hydrogen-bond donors (Lipinski definition) is 1. The van der Waals surface area contributed by atoms with Crippen LogP contribution in [0.4, 0.5) is 0 Å². The zero-order valence-electron chi connectivity index (χ0n) is 17.4. The van der Waals surface area contributed by atoms with Gasteiger partial charge in [-0.25, -0.2) is 0 Å². The molecule has 2 heterocycles. The summed E-state index contributed by atoms with van der Waals surface area (Å²) in [5.74, 6) is 1.03. The molecule has 1 aliphatic heterocycles. The lowest BCUT2D eigenvalue weighted by Crippen LogP contribution is -2.44. The van der Waals surface area contributed by atoms with E-state index in [2.05, 4.69) is 20.9 Å². The van der Waals surface area contributed by atoms with E-state index in [1.54, 1.807) is 19.2 Å². The molecular weight excluding hydrogens is 374 g/mol. The van der Waals surface area contributed by atoms with E-state index in [1.165, 1.54) is 14.2 Å². The van der Waals surface area contributed by atoms with E-state index in [-0.39, 0.29) is 11.9 Å². The number of carbonyl (C=O) groups is 1. The van der Waals surface area contributed by atoms with Crippen molar-refractivity contribution in [3.8, 4) is 17.2 Å². The largest absolute Gasteiger partial charge is 0.493 e. The summed E-state index contributed by atoms with van der Waals surface area (Å²) in [4.78, 5) is 15.3. The Labute approximate surface area is 171 Å². The SMILES string of the molecule is COc1ccc(C(=O)NCC(c2cccn2C)N2CCOCC2)c(OC)c1OC. The minimum absolute atomic E-state index is 0.0500. The molecule has 1 N–H and O–H groups in total. The molecule has 8 nitrogen and oxygen atoms in total. The van der Waals surface area contributed by atoms with Crippen molar-refractivity contribution in [3.63, 3.8) is 0 Å². The third-order valence-electron chi connectivity index (χ3n) is 5.22. The fourth-order valence-corrected chi connectivity index (χ4v) is 3.70. The van der Waals surface area contributed by atoms with E-state index in [9.17, 15) is 4.79 Å². The van der Waals surface area contributed by atoms with Crippen LogP contribution in [-0.4, -0.2) is 69.6 Å². The lowest BCUT2D eigenvalue weighted by Gasteiger charge is -2.35. The van der Waals surface area contributed by atoms with Crippen molar-refractivity contribution in [2.24, 2.45) is 7.05 Å². The Bertz CT molecular complexity index is 830. The molecule has 1 atom stereocenters. The Balaban J connectivity index is 1.81. The highest BCUT2D eigenvalue weighted by molar-refractivity contribution is 5.98. The van der Waals surface area contributed by atoms with Crippen LogP contribution in [0.15, 0.2) is 30.5 Å². The molecule has 0 radical (unpaired) electrons. The van der Waals surface area contributed by atoms with Crippen LogP contribution >= 0.6 is 0 Å². The van der Waals surface area contributed by atoms with Crippen LogP contribution in [0.3, 0.4) is 0 Å². The first-order valence-electron chi connectivity index (χ1n) is 9.60. The van der Waals surface area contributed by atoms with Gasteiger partial charge in [0.2, 0.25) is 5.75 Å². The maximum atomic E-state index is 13.0. The molecular formula is C21H29N3O5. The molecule has 1 fully saturated rings. The van der Waals surface area contributed by atoms with Gasteiger partial charge in [0.1, 0.15) is 0 Å². The summed E-state index contributed by atoms with van der Waals surface area (Å²) in [6.45, 7) is 3.50. The number of rotatable bonds is 8. The monoisotopic (exact) mass is 403 g/mol. The summed E-state index contributed by atoms with van der Waals surface area (Å²) in [5, 5.41) is 3.06. The molecule has 0 saturated carbocycles. The van der Waals surface area contributed by atoms with Crippen molar-refractivity contribution in [3.05, 3.63) is 41.7 Å². The van der Waals surface area contributed by atoms with Crippen molar-refractivity contribution in [1.29, 1.82) is 0 Å². The van der Waals surface area contributed by atoms with E-state index < -0.39 is 0 Å². The molecule has 1 amide bonds. The van der Waals surface area contributed by atoms with Gasteiger partial charge in [0.15, 0.2) is 11.5 Å². The predicted molar refractivity (Wildman–Crippen MR) is 109 cm³/mol. The standard InChI is InChI=1S/C21H29N3O5/c1-23-9-5-6-16(23)17(24-10-12-29-13-11-24)14-22-21(25)15-7-8-18(26-2)20(28-4)19(15)27-3/h5-9,17H,10-14H2,1-4H3,(H,22,25). The van der Waals surface area contributed by atoms with E-state index in [4.69, 9.17) is 18.9 Å². The number of nitrogens with zero attached hydrogens (tertiary/aromatic N) is 2. The number of ether oxygens (including phenoxy) is 4. The van der Waals surface area contributed by atoms with Crippen molar-refractivity contribution < 1.29 is 23.7 Å². The number of benzene rings is 1. The van der Waals surface area contributed by atoms with Crippen LogP contribution < -0.4 is 19.5 Å². The Kier molecular flexibility index (Phi) is 7.00. The smallest absolute Gasteiger partial charge is 0.255 e. The van der Waals surface area contributed by atoms with Crippen LogP contribution in [-0.2, 0) is 11.8 Å². The van der Waals surface area contributed by atoms with Gasteiger partial charge >= 0.3 is 0 Å². The first-order valence-corrected chi connectivity index (χ1v) is 9.60. The molecule has 1 aliphatic rings. The normalized spacial score (nSPS) is 15.6. The van der Waals surface area contributed by atoms with E-state index >= 15 is 0 Å². The van der Waals surface area contributed by atoms with Crippen molar-refractivity contribution in [2.75, 3.05) is 54.2 Å². The second-order valence-corrected chi connectivity index (χ2v) is 6.80. The van der Waals surface area contributed by atoms with Gasteiger partial charge in [-0.1, -0.05) is 0 Å². The van der Waals surface area contributed by atoms with E-state index in [1.807, 2.05) is 19.3 Å². The number of nitrogens with one attached hydrogen (secondary N) is 1. The topological polar surface area (TPSA) is 74.2 Å². The zero-order valence-corrected chi connectivity index (χ0v) is 17.4. The number of morpholine rings is 1. The van der Waals surface area contributed by atoms with Gasteiger partial charge in [0.05, 0.1) is 46.1 Å². The summed E-state index contributed by atoms with van der Waals surface area (Å²) in [6.07, 6.45) is 2.02. The third kappa shape index (κ3) is 4.49. The lowest BCUT2D eigenvalue weighted by atomic mass is 10.1. The Hall–Kier alpha value is -2.71. The molecule has 2 aromatic rings. The van der Waals surface area contributed by atoms with Gasteiger partial charge in [-0.3, -0.25) is 9.69 Å². The van der Waals surface area contributed by atoms with Gasteiger partial charge in [-0.05, 0) is 24.3 Å². The third-order valence-corrected chi connectivity index (χ3v) is 5.22. The Morgan fingerprint density at radius 1 is 1.10 bits per heavy atom. The molecule has 8 heteroatoms. The highest BCUT2D eigenvalue weighted by atomic mass is 16.5. The first-order chi connectivity index (χ1) is 14.1. The summed E-state index contributed by atoms with van der Waals surface area (Å²) in [5.41, 5.74) is 1.55. The average molecular weight is 403 g/mol. The highest BCUT2D eigenvalue weighted by Crippen LogP contribution is 2.39. The summed E-state index contributed by atoms with van der Waals surface area (Å²) < 4.78 is 23.7. The van der Waals surface area contributed by atoms with Crippen LogP contribution in [0, 0.1) is 0 Å². The molecule has 0 spiro atoms. The summed E-state index contributed by atoms with van der Waals surface area (Å²) in [7, 11) is 6.59. The van der Waals surface area contributed by atoms with Crippen molar-refractivity contribution >= 4 is 5.91 Å². The molecule has 1 unspecified atom stereocenters. The Morgan fingerprint density at radius 3 is 2.41 bits per heavy atom. The first kappa shape index (κ1) is 21.0. The van der Waals surface area contributed by atoms with E-state index in [0.717, 1.165) is 18.8 Å². The number of carbonyl (C=O) groups excluding carboxylic acids is 1. The molecule has 0 bridgehead atoms. The number of amides is 1. The molecule has 0 aliphatic carbocycles. The molecule has 3 rings (SSSR count). The van der Waals surface area contributed by atoms with Gasteiger partial charge in [0.25, 0.3) is 5.91 Å².